The van der Waals surface area contributed by atoms with Gasteiger partial charge in [-0.25, -0.2) is 4.98 Å². The van der Waals surface area contributed by atoms with Gasteiger partial charge in [0.2, 0.25) is 0 Å². The van der Waals surface area contributed by atoms with Crippen molar-refractivity contribution >= 4 is 17.3 Å². The van der Waals surface area contributed by atoms with Crippen LogP contribution in [0.2, 0.25) is 0 Å². The smallest absolute Gasteiger partial charge is 0.191 e. The van der Waals surface area contributed by atoms with Crippen LogP contribution in [0.4, 0.5) is 0 Å². The van der Waals surface area contributed by atoms with Gasteiger partial charge in [-0.05, 0) is 19.8 Å². The molecule has 2 heterocycles. The van der Waals surface area contributed by atoms with Gasteiger partial charge < -0.3 is 15.4 Å². The Balaban J connectivity index is 1.87. The number of aliphatic imine (C=N–C) groups is 1. The maximum absolute atomic E-state index is 5.48. The molecule has 0 amide bonds. The molecule has 1 aliphatic rings. The first kappa shape index (κ1) is 20.1. The molecule has 1 aromatic rings. The molecular weight excluding hydrogens is 334 g/mol. The van der Waals surface area contributed by atoms with E-state index in [0.29, 0.717) is 12.0 Å². The topological polar surface area (TPSA) is 61.8 Å². The van der Waals surface area contributed by atoms with E-state index in [-0.39, 0.29) is 0 Å². The normalized spacial score (nSPS) is 17.7. The molecule has 1 fully saturated rings. The van der Waals surface area contributed by atoms with E-state index in [4.69, 9.17) is 9.73 Å². The summed E-state index contributed by atoms with van der Waals surface area (Å²) in [6, 6.07) is 0.459. The summed E-state index contributed by atoms with van der Waals surface area (Å²) < 4.78 is 5.48. The molecular formula is C18H33N5OS. The van der Waals surface area contributed by atoms with Crippen molar-refractivity contribution in [3.63, 3.8) is 0 Å². The number of thiazole rings is 1. The molecule has 7 heteroatoms. The number of aryl methyl sites for hydroxylation is 1. The van der Waals surface area contributed by atoms with Crippen LogP contribution in [0.5, 0.6) is 0 Å². The maximum Gasteiger partial charge on any atom is 0.191 e. The van der Waals surface area contributed by atoms with Crippen LogP contribution in [0.1, 0.15) is 31.5 Å². The first-order chi connectivity index (χ1) is 12.1. The van der Waals surface area contributed by atoms with Crippen LogP contribution in [0.3, 0.4) is 0 Å². The molecule has 0 aliphatic carbocycles. The number of ether oxygens (including phenoxy) is 1. The summed E-state index contributed by atoms with van der Waals surface area (Å²) in [5.41, 5.74) is 1.15. The lowest BCUT2D eigenvalue weighted by molar-refractivity contribution is 0.00867. The molecule has 2 N–H and O–H groups in total. The number of rotatable bonds is 8. The van der Waals surface area contributed by atoms with Crippen molar-refractivity contribution in [2.24, 2.45) is 10.9 Å². The van der Waals surface area contributed by atoms with E-state index < -0.39 is 0 Å². The first-order valence-corrected chi connectivity index (χ1v) is 10.2. The highest BCUT2D eigenvalue weighted by molar-refractivity contribution is 7.09. The molecule has 1 aliphatic heterocycles. The Morgan fingerprint density at radius 1 is 1.36 bits per heavy atom. The molecule has 1 aromatic heterocycles. The summed E-state index contributed by atoms with van der Waals surface area (Å²) in [6.45, 7) is 14.9. The second kappa shape index (κ2) is 10.7. The van der Waals surface area contributed by atoms with Crippen molar-refractivity contribution in [3.8, 4) is 0 Å². The Morgan fingerprint density at radius 2 is 2.12 bits per heavy atom. The third-order valence-electron chi connectivity index (χ3n) is 4.41. The monoisotopic (exact) mass is 367 g/mol. The predicted molar refractivity (Wildman–Crippen MR) is 106 cm³/mol. The summed E-state index contributed by atoms with van der Waals surface area (Å²) in [5, 5.41) is 10.0. The number of hydrogen-bond acceptors (Lipinski definition) is 5. The van der Waals surface area contributed by atoms with E-state index in [9.17, 15) is 0 Å². The Kier molecular flexibility index (Phi) is 8.64. The number of nitrogens with one attached hydrogen (secondary N) is 2. The highest BCUT2D eigenvalue weighted by Gasteiger charge is 2.23. The van der Waals surface area contributed by atoms with Crippen LogP contribution >= 0.6 is 11.3 Å². The molecule has 6 nitrogen and oxygen atoms in total. The zero-order valence-electron chi connectivity index (χ0n) is 16.0. The summed E-state index contributed by atoms with van der Waals surface area (Å²) in [4.78, 5) is 11.9. The van der Waals surface area contributed by atoms with Gasteiger partial charge in [-0.15, -0.1) is 11.3 Å². The van der Waals surface area contributed by atoms with Gasteiger partial charge in [0.1, 0.15) is 0 Å². The fraction of sp³-hybridized carbons (Fsp3) is 0.778. The number of hydrogen-bond donors (Lipinski definition) is 2. The van der Waals surface area contributed by atoms with E-state index in [2.05, 4.69) is 46.7 Å². The van der Waals surface area contributed by atoms with Gasteiger partial charge in [-0.2, -0.15) is 0 Å². The Labute approximate surface area is 156 Å². The average Bonchev–Trinajstić information content (AvgIpc) is 3.01. The largest absolute Gasteiger partial charge is 0.379 e. The van der Waals surface area contributed by atoms with E-state index in [1.54, 1.807) is 11.3 Å². The van der Waals surface area contributed by atoms with E-state index in [1.165, 1.54) is 0 Å². The molecule has 2 rings (SSSR count). The quantitative estimate of drug-likeness (QED) is 0.543. The molecule has 0 radical (unpaired) electrons. The molecule has 0 aromatic carbocycles. The van der Waals surface area contributed by atoms with Crippen LogP contribution in [0.15, 0.2) is 10.4 Å². The second-order valence-corrected chi connectivity index (χ2v) is 7.78. The lowest BCUT2D eigenvalue weighted by Crippen LogP contribution is -2.48. The molecule has 0 saturated carbocycles. The van der Waals surface area contributed by atoms with Gasteiger partial charge in [0.05, 0.1) is 30.5 Å². The number of guanidine groups is 1. The van der Waals surface area contributed by atoms with Crippen molar-refractivity contribution < 1.29 is 4.74 Å². The highest BCUT2D eigenvalue weighted by Crippen LogP contribution is 2.13. The minimum atomic E-state index is 0.459. The van der Waals surface area contributed by atoms with Crippen LogP contribution in [-0.2, 0) is 11.2 Å². The van der Waals surface area contributed by atoms with E-state index >= 15 is 0 Å². The Hall–Kier alpha value is -1.18. The van der Waals surface area contributed by atoms with Gasteiger partial charge in [0.25, 0.3) is 0 Å². The van der Waals surface area contributed by atoms with E-state index in [1.807, 2.05) is 6.92 Å². The van der Waals surface area contributed by atoms with Crippen molar-refractivity contribution in [2.45, 2.75) is 40.2 Å². The third-order valence-corrected chi connectivity index (χ3v) is 5.23. The standard InChI is InChI=1S/C18H33N5OS/c1-5-19-18(20-7-6-16-13-25-15(4)22-16)21-12-17(14(2)3)23-8-10-24-11-9-23/h13-14,17H,5-12H2,1-4H3,(H2,19,20,21). The average molecular weight is 368 g/mol. The minimum Gasteiger partial charge on any atom is -0.379 e. The molecule has 1 saturated heterocycles. The molecule has 0 spiro atoms. The molecule has 142 valence electrons. The zero-order chi connectivity index (χ0) is 18.1. The van der Waals surface area contributed by atoms with Gasteiger partial charge in [0, 0.05) is 44.0 Å². The fourth-order valence-electron chi connectivity index (χ4n) is 3.02. The third kappa shape index (κ3) is 6.92. The summed E-state index contributed by atoms with van der Waals surface area (Å²) >= 11 is 1.71. The molecule has 1 unspecified atom stereocenters. The summed E-state index contributed by atoms with van der Waals surface area (Å²) in [6.07, 6.45) is 0.922. The number of aromatic nitrogens is 1. The number of morpholine rings is 1. The first-order valence-electron chi connectivity index (χ1n) is 9.35. The van der Waals surface area contributed by atoms with Gasteiger partial charge in [-0.3, -0.25) is 9.89 Å². The molecule has 0 bridgehead atoms. The van der Waals surface area contributed by atoms with Crippen LogP contribution in [0, 0.1) is 12.8 Å². The predicted octanol–water partition coefficient (Wildman–Crippen LogP) is 1.91. The van der Waals surface area contributed by atoms with Crippen LogP contribution < -0.4 is 10.6 Å². The SMILES string of the molecule is CCNC(=NCC(C(C)C)N1CCOCC1)NCCc1csc(C)n1. The van der Waals surface area contributed by atoms with Crippen LogP contribution in [0.25, 0.3) is 0 Å². The second-order valence-electron chi connectivity index (χ2n) is 6.71. The summed E-state index contributed by atoms with van der Waals surface area (Å²) in [5.74, 6) is 1.47. The molecule has 1 atom stereocenters. The lowest BCUT2D eigenvalue weighted by Gasteiger charge is -2.36. The fourth-order valence-corrected chi connectivity index (χ4v) is 3.66. The van der Waals surface area contributed by atoms with Crippen molar-refractivity contribution in [1.82, 2.24) is 20.5 Å². The zero-order valence-corrected chi connectivity index (χ0v) is 16.9. The van der Waals surface area contributed by atoms with Gasteiger partial charge in [0.15, 0.2) is 5.96 Å². The lowest BCUT2D eigenvalue weighted by atomic mass is 10.0. The minimum absolute atomic E-state index is 0.459. The number of nitrogens with zero attached hydrogens (tertiary/aromatic N) is 3. The van der Waals surface area contributed by atoms with E-state index in [0.717, 1.165) is 69.0 Å². The van der Waals surface area contributed by atoms with Gasteiger partial charge >= 0.3 is 0 Å². The Bertz CT molecular complexity index is 525. The Morgan fingerprint density at radius 3 is 2.72 bits per heavy atom. The summed E-state index contributed by atoms with van der Waals surface area (Å²) in [7, 11) is 0. The highest BCUT2D eigenvalue weighted by atomic mass is 32.1. The van der Waals surface area contributed by atoms with Gasteiger partial charge in [-0.1, -0.05) is 13.8 Å². The molecule has 25 heavy (non-hydrogen) atoms. The van der Waals surface area contributed by atoms with Crippen molar-refractivity contribution in [3.05, 3.63) is 16.1 Å². The maximum atomic E-state index is 5.48. The van der Waals surface area contributed by atoms with Crippen LogP contribution in [-0.4, -0.2) is 67.8 Å². The van der Waals surface area contributed by atoms with Crippen molar-refractivity contribution in [2.75, 3.05) is 45.9 Å². The van der Waals surface area contributed by atoms with Crippen molar-refractivity contribution in [1.29, 1.82) is 0 Å².